The second kappa shape index (κ2) is 8.55. The molecule has 0 radical (unpaired) electrons. The minimum Gasteiger partial charge on any atom is -0.372 e. The number of carbonyl (C=O) groups excluding carboxylic acids is 1. The summed E-state index contributed by atoms with van der Waals surface area (Å²) in [6.45, 7) is 4.54. The molecule has 1 aliphatic rings. The number of rotatable bonds is 5. The number of piperidine rings is 1. The molecule has 1 fully saturated rings. The van der Waals surface area contributed by atoms with Gasteiger partial charge in [-0.25, -0.2) is 4.98 Å². The number of fused-ring (bicyclic) bond motifs is 1. The Balaban J connectivity index is 1.24. The van der Waals surface area contributed by atoms with Crippen LogP contribution in [0.25, 0.3) is 16.2 Å². The molecule has 1 saturated heterocycles. The van der Waals surface area contributed by atoms with E-state index in [4.69, 9.17) is 4.98 Å². The van der Waals surface area contributed by atoms with Crippen molar-refractivity contribution < 1.29 is 4.79 Å². The van der Waals surface area contributed by atoms with Crippen molar-refractivity contribution in [2.24, 2.45) is 5.92 Å². The third-order valence-electron chi connectivity index (χ3n) is 5.99. The van der Waals surface area contributed by atoms with Crippen molar-refractivity contribution in [1.29, 1.82) is 0 Å². The lowest BCUT2D eigenvalue weighted by atomic mass is 9.99. The van der Waals surface area contributed by atoms with Gasteiger partial charge in [-0.1, -0.05) is 37.3 Å². The van der Waals surface area contributed by atoms with Crippen molar-refractivity contribution in [3.05, 3.63) is 71.9 Å². The zero-order valence-electron chi connectivity index (χ0n) is 17.6. The van der Waals surface area contributed by atoms with Gasteiger partial charge < -0.3 is 10.2 Å². The predicted octanol–water partition coefficient (Wildman–Crippen LogP) is 5.48. The Hall–Kier alpha value is -3.12. The molecule has 1 N–H and O–H groups in total. The minimum atomic E-state index is -0.0193. The Labute approximate surface area is 186 Å². The summed E-state index contributed by atoms with van der Waals surface area (Å²) < 4.78 is 2.02. The highest BCUT2D eigenvalue weighted by Gasteiger charge is 2.16. The molecule has 0 saturated carbocycles. The van der Waals surface area contributed by atoms with Crippen LogP contribution < -0.4 is 10.2 Å². The van der Waals surface area contributed by atoms with Crippen LogP contribution in [-0.4, -0.2) is 28.4 Å². The average molecular weight is 431 g/mol. The highest BCUT2D eigenvalue weighted by atomic mass is 32.1. The molecule has 0 bridgehead atoms. The second-order valence-corrected chi connectivity index (χ2v) is 9.15. The molecule has 0 spiro atoms. The first-order valence-electron chi connectivity index (χ1n) is 10.8. The van der Waals surface area contributed by atoms with Gasteiger partial charge in [0.1, 0.15) is 0 Å². The summed E-state index contributed by atoms with van der Waals surface area (Å²) in [5.74, 6) is 0.798. The SMILES string of the molecule is CC1CCN(c2ccc(NC(=O)Cc3csc4nc(-c5ccccc5)cn34)cc2)CC1. The number of aromatic nitrogens is 2. The van der Waals surface area contributed by atoms with Gasteiger partial charge in [0.25, 0.3) is 0 Å². The number of anilines is 2. The first-order chi connectivity index (χ1) is 15.2. The average Bonchev–Trinajstić information content (AvgIpc) is 3.38. The van der Waals surface area contributed by atoms with Gasteiger partial charge in [0.2, 0.25) is 5.91 Å². The van der Waals surface area contributed by atoms with E-state index >= 15 is 0 Å². The lowest BCUT2D eigenvalue weighted by molar-refractivity contribution is -0.115. The Morgan fingerprint density at radius 3 is 2.58 bits per heavy atom. The number of hydrogen-bond donors (Lipinski definition) is 1. The minimum absolute atomic E-state index is 0.0193. The Morgan fingerprint density at radius 2 is 1.84 bits per heavy atom. The largest absolute Gasteiger partial charge is 0.372 e. The Kier molecular flexibility index (Phi) is 5.47. The van der Waals surface area contributed by atoms with Gasteiger partial charge in [-0.05, 0) is 43.0 Å². The maximum Gasteiger partial charge on any atom is 0.230 e. The van der Waals surface area contributed by atoms with Crippen LogP contribution in [0.3, 0.4) is 0 Å². The molecule has 2 aromatic carbocycles. The Morgan fingerprint density at radius 1 is 1.10 bits per heavy atom. The van der Waals surface area contributed by atoms with Gasteiger partial charge >= 0.3 is 0 Å². The summed E-state index contributed by atoms with van der Waals surface area (Å²) in [5, 5.41) is 5.05. The van der Waals surface area contributed by atoms with Crippen LogP contribution in [0.2, 0.25) is 0 Å². The molecular formula is C25H26N4OS. The van der Waals surface area contributed by atoms with Crippen LogP contribution in [0.4, 0.5) is 11.4 Å². The summed E-state index contributed by atoms with van der Waals surface area (Å²) in [6.07, 6.45) is 4.82. The molecule has 5 nitrogen and oxygen atoms in total. The number of imidazole rings is 1. The molecule has 4 aromatic rings. The number of amides is 1. The lowest BCUT2D eigenvalue weighted by Crippen LogP contribution is -2.32. The smallest absolute Gasteiger partial charge is 0.230 e. The second-order valence-electron chi connectivity index (χ2n) is 8.31. The summed E-state index contributed by atoms with van der Waals surface area (Å²) in [7, 11) is 0. The topological polar surface area (TPSA) is 49.6 Å². The van der Waals surface area contributed by atoms with Crippen molar-refractivity contribution in [1.82, 2.24) is 9.38 Å². The van der Waals surface area contributed by atoms with Crippen LogP contribution in [0.1, 0.15) is 25.5 Å². The quantitative estimate of drug-likeness (QED) is 0.456. The summed E-state index contributed by atoms with van der Waals surface area (Å²) in [4.78, 5) is 20.7. The van der Waals surface area contributed by atoms with Crippen molar-refractivity contribution in [3.63, 3.8) is 0 Å². The normalized spacial score (nSPS) is 14.8. The maximum atomic E-state index is 12.7. The highest BCUT2D eigenvalue weighted by molar-refractivity contribution is 7.15. The van der Waals surface area contributed by atoms with E-state index < -0.39 is 0 Å². The Bertz CT molecular complexity index is 1170. The fourth-order valence-electron chi connectivity index (χ4n) is 4.10. The van der Waals surface area contributed by atoms with Gasteiger partial charge in [-0.3, -0.25) is 9.20 Å². The van der Waals surface area contributed by atoms with Gasteiger partial charge in [-0.15, -0.1) is 11.3 Å². The highest BCUT2D eigenvalue weighted by Crippen LogP contribution is 2.26. The van der Waals surface area contributed by atoms with E-state index in [9.17, 15) is 4.79 Å². The van der Waals surface area contributed by atoms with E-state index in [-0.39, 0.29) is 5.91 Å². The van der Waals surface area contributed by atoms with Crippen molar-refractivity contribution in [3.8, 4) is 11.3 Å². The summed E-state index contributed by atoms with van der Waals surface area (Å²) in [6, 6.07) is 18.3. The summed E-state index contributed by atoms with van der Waals surface area (Å²) >= 11 is 1.56. The molecule has 1 amide bonds. The fourth-order valence-corrected chi connectivity index (χ4v) is 4.97. The lowest BCUT2D eigenvalue weighted by Gasteiger charge is -2.32. The van der Waals surface area contributed by atoms with Crippen molar-refractivity contribution in [2.45, 2.75) is 26.2 Å². The van der Waals surface area contributed by atoms with Gasteiger partial charge in [-0.2, -0.15) is 0 Å². The number of nitrogens with one attached hydrogen (secondary N) is 1. The van der Waals surface area contributed by atoms with Crippen LogP contribution in [0.5, 0.6) is 0 Å². The van der Waals surface area contributed by atoms with Crippen molar-refractivity contribution >= 4 is 33.6 Å². The molecule has 158 valence electrons. The fraction of sp³-hybridized carbons (Fsp3) is 0.280. The third-order valence-corrected chi connectivity index (χ3v) is 6.88. The first-order valence-corrected chi connectivity index (χ1v) is 11.7. The molecule has 6 heteroatoms. The van der Waals surface area contributed by atoms with E-state index in [1.54, 1.807) is 11.3 Å². The van der Waals surface area contributed by atoms with E-state index in [0.717, 1.165) is 46.6 Å². The molecule has 31 heavy (non-hydrogen) atoms. The first kappa shape index (κ1) is 19.8. The molecule has 2 aromatic heterocycles. The molecular weight excluding hydrogens is 404 g/mol. The number of hydrogen-bond acceptors (Lipinski definition) is 4. The number of thiazole rings is 1. The van der Waals surface area contributed by atoms with Gasteiger partial charge in [0, 0.05) is 47.3 Å². The number of benzene rings is 2. The predicted molar refractivity (Wildman–Crippen MR) is 128 cm³/mol. The molecule has 0 aliphatic carbocycles. The molecule has 3 heterocycles. The van der Waals surface area contributed by atoms with E-state index in [0.29, 0.717) is 6.42 Å². The zero-order chi connectivity index (χ0) is 21.2. The number of nitrogens with zero attached hydrogens (tertiary/aromatic N) is 3. The molecule has 1 aliphatic heterocycles. The zero-order valence-corrected chi connectivity index (χ0v) is 18.4. The van der Waals surface area contributed by atoms with Crippen LogP contribution in [0.15, 0.2) is 66.2 Å². The van der Waals surface area contributed by atoms with Gasteiger partial charge in [0.15, 0.2) is 4.96 Å². The molecule has 5 rings (SSSR count). The number of carbonyl (C=O) groups is 1. The monoisotopic (exact) mass is 430 g/mol. The third kappa shape index (κ3) is 4.35. The standard InChI is InChI=1S/C25H26N4OS/c1-18-11-13-28(14-12-18)21-9-7-20(8-10-21)26-24(30)15-22-17-31-25-27-23(16-29(22)25)19-5-3-2-4-6-19/h2-10,16-18H,11-15H2,1H3,(H,26,30). The van der Waals surface area contributed by atoms with Crippen LogP contribution >= 0.6 is 11.3 Å². The summed E-state index contributed by atoms with van der Waals surface area (Å²) in [5.41, 5.74) is 5.03. The van der Waals surface area contributed by atoms with Crippen LogP contribution in [-0.2, 0) is 11.2 Å². The molecule has 0 unspecified atom stereocenters. The van der Waals surface area contributed by atoms with E-state index in [2.05, 4.69) is 29.3 Å². The van der Waals surface area contributed by atoms with Gasteiger partial charge in [0.05, 0.1) is 12.1 Å². The maximum absolute atomic E-state index is 12.7. The molecule has 0 atom stereocenters. The van der Waals surface area contributed by atoms with Crippen LogP contribution in [0, 0.1) is 5.92 Å². The van der Waals surface area contributed by atoms with Crippen molar-refractivity contribution in [2.75, 3.05) is 23.3 Å². The van der Waals surface area contributed by atoms with E-state index in [1.807, 2.05) is 58.4 Å². The van der Waals surface area contributed by atoms with E-state index in [1.165, 1.54) is 18.5 Å².